The molecule has 4 rings (SSSR count). The minimum absolute atomic E-state index is 0.263. The minimum Gasteiger partial charge on any atom is -0.200 e. The van der Waals surface area contributed by atoms with Gasteiger partial charge in [-0.3, -0.25) is 0 Å². The first-order chi connectivity index (χ1) is 16.3. The fraction of sp³-hybridized carbons (Fsp3) is 0.364. The summed E-state index contributed by atoms with van der Waals surface area (Å²) in [6, 6.07) is 25.1. The smallest absolute Gasteiger partial charge is 0.200 e. The molecule has 4 aromatic rings. The Labute approximate surface area is 213 Å². The molecule has 0 aliphatic rings. The van der Waals surface area contributed by atoms with E-state index >= 15 is 0 Å². The molecule has 0 fully saturated rings. The van der Waals surface area contributed by atoms with Gasteiger partial charge in [-0.25, -0.2) is 4.57 Å². The van der Waals surface area contributed by atoms with Gasteiger partial charge in [-0.05, 0) is 63.7 Å². The SMILES string of the molecule is Cc1cc(-c2ccccc2)cc(-c2c3ccc([Si](C)(C(C)(C)C)C(C)(C)C)cc3cc[n+]2C)c1C. The van der Waals surface area contributed by atoms with Crippen LogP contribution in [0.5, 0.6) is 0 Å². The highest BCUT2D eigenvalue weighted by Crippen LogP contribution is 2.50. The maximum atomic E-state index is 2.58. The normalized spacial score (nSPS) is 12.9. The molecule has 182 valence electrons. The minimum atomic E-state index is -1.84. The highest BCUT2D eigenvalue weighted by Gasteiger charge is 2.50. The second-order valence-corrected chi connectivity index (χ2v) is 18.4. The number of aryl methyl sites for hydroxylation is 2. The van der Waals surface area contributed by atoms with Crippen molar-refractivity contribution in [3.8, 4) is 22.4 Å². The van der Waals surface area contributed by atoms with Gasteiger partial charge in [0, 0.05) is 6.07 Å². The first kappa shape index (κ1) is 25.4. The average Bonchev–Trinajstić information content (AvgIpc) is 2.79. The number of hydrogen-bond donors (Lipinski definition) is 0. The van der Waals surface area contributed by atoms with Gasteiger partial charge in [0.25, 0.3) is 0 Å². The fourth-order valence-corrected chi connectivity index (χ4v) is 10.8. The number of aromatic nitrogens is 1. The van der Waals surface area contributed by atoms with Crippen LogP contribution in [-0.4, -0.2) is 8.07 Å². The van der Waals surface area contributed by atoms with E-state index in [4.69, 9.17) is 0 Å². The van der Waals surface area contributed by atoms with Crippen molar-refractivity contribution >= 4 is 24.0 Å². The van der Waals surface area contributed by atoms with Crippen molar-refractivity contribution < 1.29 is 4.57 Å². The Kier molecular flexibility index (Phi) is 6.34. The lowest BCUT2D eigenvalue weighted by Crippen LogP contribution is -2.58. The molecule has 35 heavy (non-hydrogen) atoms. The lowest BCUT2D eigenvalue weighted by molar-refractivity contribution is -0.659. The average molecular weight is 481 g/mol. The zero-order chi connectivity index (χ0) is 25.8. The number of hydrogen-bond acceptors (Lipinski definition) is 0. The summed E-state index contributed by atoms with van der Waals surface area (Å²) in [5, 5.41) is 4.74. The molecule has 1 aromatic heterocycles. The van der Waals surface area contributed by atoms with Crippen LogP contribution in [-0.2, 0) is 7.05 Å². The Balaban J connectivity index is 1.98. The summed E-state index contributed by atoms with van der Waals surface area (Å²) in [6.07, 6.45) is 2.23. The van der Waals surface area contributed by atoms with E-state index in [2.05, 4.69) is 146 Å². The molecule has 2 heteroatoms. The van der Waals surface area contributed by atoms with Crippen LogP contribution in [0.25, 0.3) is 33.2 Å². The van der Waals surface area contributed by atoms with Crippen LogP contribution in [0.3, 0.4) is 0 Å². The third-order valence-electron chi connectivity index (χ3n) is 8.74. The van der Waals surface area contributed by atoms with Gasteiger partial charge in [0.15, 0.2) is 6.20 Å². The quantitative estimate of drug-likeness (QED) is 0.204. The molecular weight excluding hydrogens is 438 g/mol. The number of nitrogens with zero attached hydrogens (tertiary/aromatic N) is 1. The largest absolute Gasteiger partial charge is 0.220 e. The summed E-state index contributed by atoms with van der Waals surface area (Å²) in [7, 11) is 0.341. The Morgan fingerprint density at radius 3 is 1.94 bits per heavy atom. The lowest BCUT2D eigenvalue weighted by Gasteiger charge is -2.50. The molecule has 0 saturated carbocycles. The summed E-state index contributed by atoms with van der Waals surface area (Å²) in [6.45, 7) is 21.7. The van der Waals surface area contributed by atoms with Crippen molar-refractivity contribution in [2.24, 2.45) is 7.05 Å². The van der Waals surface area contributed by atoms with Crippen molar-refractivity contribution in [3.05, 3.63) is 84.1 Å². The van der Waals surface area contributed by atoms with Crippen LogP contribution >= 0.6 is 0 Å². The van der Waals surface area contributed by atoms with E-state index in [1.54, 1.807) is 5.19 Å². The van der Waals surface area contributed by atoms with E-state index < -0.39 is 8.07 Å². The topological polar surface area (TPSA) is 3.88 Å². The Morgan fingerprint density at radius 1 is 0.714 bits per heavy atom. The van der Waals surface area contributed by atoms with Gasteiger partial charge in [-0.1, -0.05) is 102 Å². The van der Waals surface area contributed by atoms with Crippen LogP contribution < -0.4 is 9.75 Å². The zero-order valence-corrected chi connectivity index (χ0v) is 24.4. The van der Waals surface area contributed by atoms with Gasteiger partial charge in [-0.15, -0.1) is 0 Å². The third kappa shape index (κ3) is 4.27. The zero-order valence-electron chi connectivity index (χ0n) is 23.4. The van der Waals surface area contributed by atoms with E-state index in [0.717, 1.165) is 0 Å². The highest BCUT2D eigenvalue weighted by atomic mass is 28.3. The van der Waals surface area contributed by atoms with Gasteiger partial charge >= 0.3 is 0 Å². The summed E-state index contributed by atoms with van der Waals surface area (Å²) < 4.78 is 2.29. The van der Waals surface area contributed by atoms with Gasteiger partial charge < -0.3 is 0 Å². The van der Waals surface area contributed by atoms with E-state index in [1.807, 2.05) is 0 Å². The second kappa shape index (κ2) is 8.75. The monoisotopic (exact) mass is 480 g/mol. The molecule has 1 heterocycles. The van der Waals surface area contributed by atoms with Gasteiger partial charge in [0.05, 0.1) is 19.0 Å². The molecule has 0 aliphatic carbocycles. The number of benzene rings is 3. The molecule has 0 aliphatic heterocycles. The van der Waals surface area contributed by atoms with E-state index in [-0.39, 0.29) is 10.1 Å². The summed E-state index contributed by atoms with van der Waals surface area (Å²) in [5.41, 5.74) is 7.83. The third-order valence-corrected chi connectivity index (χ3v) is 16.2. The maximum Gasteiger partial charge on any atom is 0.220 e. The van der Waals surface area contributed by atoms with Crippen molar-refractivity contribution in [2.45, 2.75) is 72.0 Å². The molecule has 0 radical (unpaired) electrons. The standard InChI is InChI=1S/C33H42NSi/c1-23-20-27(25-14-12-11-13-15-25)22-30(24(23)2)31-29-17-16-28(21-26(29)18-19-34(31)9)35(10,32(3,4)5)33(6,7)8/h11-22H,1-10H3/q+1. The van der Waals surface area contributed by atoms with Crippen LogP contribution in [0.1, 0.15) is 52.7 Å². The van der Waals surface area contributed by atoms with Crippen LogP contribution in [0, 0.1) is 13.8 Å². The Hall–Kier alpha value is -2.71. The fourth-order valence-electron chi connectivity index (χ4n) is 5.91. The molecule has 3 aromatic carbocycles. The van der Waals surface area contributed by atoms with Crippen molar-refractivity contribution in [2.75, 3.05) is 0 Å². The Morgan fingerprint density at radius 2 is 1.34 bits per heavy atom. The second-order valence-electron chi connectivity index (χ2n) is 12.5. The first-order valence-corrected chi connectivity index (χ1v) is 15.4. The van der Waals surface area contributed by atoms with Crippen LogP contribution in [0.15, 0.2) is 72.9 Å². The summed E-state index contributed by atoms with van der Waals surface area (Å²) >= 11 is 0. The molecule has 1 nitrogen and oxygen atoms in total. The molecular formula is C33H42NSi+. The Bertz CT molecular complexity index is 1370. The number of fused-ring (bicyclic) bond motifs is 1. The van der Waals surface area contributed by atoms with Gasteiger partial charge in [-0.2, -0.15) is 0 Å². The molecule has 0 saturated heterocycles. The van der Waals surface area contributed by atoms with E-state index in [9.17, 15) is 0 Å². The summed E-state index contributed by atoms with van der Waals surface area (Å²) in [5.74, 6) is 0. The van der Waals surface area contributed by atoms with Crippen molar-refractivity contribution in [3.63, 3.8) is 0 Å². The van der Waals surface area contributed by atoms with E-state index in [0.29, 0.717) is 0 Å². The summed E-state index contributed by atoms with van der Waals surface area (Å²) in [4.78, 5) is 0. The first-order valence-electron chi connectivity index (χ1n) is 12.9. The van der Waals surface area contributed by atoms with E-state index in [1.165, 1.54) is 44.3 Å². The molecule has 0 bridgehead atoms. The number of rotatable bonds is 3. The predicted molar refractivity (Wildman–Crippen MR) is 156 cm³/mol. The van der Waals surface area contributed by atoms with Gasteiger partial charge in [0.1, 0.15) is 7.05 Å². The number of pyridine rings is 1. The maximum absolute atomic E-state index is 2.58. The van der Waals surface area contributed by atoms with Crippen LogP contribution in [0.2, 0.25) is 16.6 Å². The molecule has 0 spiro atoms. The van der Waals surface area contributed by atoms with Crippen molar-refractivity contribution in [1.29, 1.82) is 0 Å². The highest BCUT2D eigenvalue weighted by molar-refractivity contribution is 6.95. The lowest BCUT2D eigenvalue weighted by atomic mass is 9.92. The molecule has 0 N–H and O–H groups in total. The van der Waals surface area contributed by atoms with Gasteiger partial charge in [0.2, 0.25) is 5.69 Å². The predicted octanol–water partition coefficient (Wildman–Crippen LogP) is 8.50. The van der Waals surface area contributed by atoms with Crippen LogP contribution in [0.4, 0.5) is 0 Å². The molecule has 0 atom stereocenters. The molecule has 0 amide bonds. The molecule has 0 unspecified atom stereocenters. The van der Waals surface area contributed by atoms with Crippen molar-refractivity contribution in [1.82, 2.24) is 0 Å².